The van der Waals surface area contributed by atoms with E-state index >= 15 is 0 Å². The van der Waals surface area contributed by atoms with Gasteiger partial charge in [0.1, 0.15) is 0 Å². The van der Waals surface area contributed by atoms with Gasteiger partial charge in [-0.3, -0.25) is 0 Å². The maximum absolute atomic E-state index is 4.70. The summed E-state index contributed by atoms with van der Waals surface area (Å²) in [6.07, 6.45) is 5.09. The quantitative estimate of drug-likeness (QED) is 0.662. The molecule has 1 heterocycles. The molecule has 0 atom stereocenters. The zero-order valence-electron chi connectivity index (χ0n) is 13.3. The van der Waals surface area contributed by atoms with Crippen LogP contribution < -0.4 is 4.90 Å². The van der Waals surface area contributed by atoms with Gasteiger partial charge >= 0.3 is 0 Å². The number of fused-ring (bicyclic) bond motifs is 1. The number of hydrogen-bond acceptors (Lipinski definition) is 2. The first-order valence-electron chi connectivity index (χ1n) is 7.68. The zero-order chi connectivity index (χ0) is 14.7. The SMILES string of the molecule is C=C1C(C)=Nc2cc(C)c(C)cc2N1CCCCCC. The van der Waals surface area contributed by atoms with Gasteiger partial charge in [-0.25, -0.2) is 4.99 Å². The van der Waals surface area contributed by atoms with E-state index in [2.05, 4.69) is 51.3 Å². The summed E-state index contributed by atoms with van der Waals surface area (Å²) in [5.74, 6) is 0. The van der Waals surface area contributed by atoms with Crippen molar-refractivity contribution in [1.82, 2.24) is 0 Å². The molecule has 0 saturated carbocycles. The summed E-state index contributed by atoms with van der Waals surface area (Å²) in [5, 5.41) is 0. The van der Waals surface area contributed by atoms with Crippen LogP contribution in [0.25, 0.3) is 0 Å². The lowest BCUT2D eigenvalue weighted by Crippen LogP contribution is -2.29. The van der Waals surface area contributed by atoms with Gasteiger partial charge in [-0.2, -0.15) is 0 Å². The summed E-state index contributed by atoms with van der Waals surface area (Å²) < 4.78 is 0. The molecule has 20 heavy (non-hydrogen) atoms. The van der Waals surface area contributed by atoms with Crippen LogP contribution >= 0.6 is 0 Å². The predicted molar refractivity (Wildman–Crippen MR) is 89.3 cm³/mol. The van der Waals surface area contributed by atoms with E-state index in [9.17, 15) is 0 Å². The Morgan fingerprint density at radius 3 is 2.45 bits per heavy atom. The average Bonchev–Trinajstić information content (AvgIpc) is 2.41. The highest BCUT2D eigenvalue weighted by molar-refractivity contribution is 6.06. The second kappa shape index (κ2) is 6.25. The normalized spacial score (nSPS) is 14.3. The lowest BCUT2D eigenvalue weighted by Gasteiger charge is -2.32. The molecule has 0 fully saturated rings. The van der Waals surface area contributed by atoms with Gasteiger partial charge in [0, 0.05) is 6.54 Å². The monoisotopic (exact) mass is 270 g/mol. The van der Waals surface area contributed by atoms with Gasteiger partial charge in [-0.15, -0.1) is 0 Å². The summed E-state index contributed by atoms with van der Waals surface area (Å²) in [5.41, 5.74) is 7.03. The van der Waals surface area contributed by atoms with E-state index in [1.54, 1.807) is 0 Å². The van der Waals surface area contributed by atoms with Gasteiger partial charge < -0.3 is 4.90 Å². The molecule has 2 rings (SSSR count). The largest absolute Gasteiger partial charge is 0.339 e. The summed E-state index contributed by atoms with van der Waals surface area (Å²) in [7, 11) is 0. The highest BCUT2D eigenvalue weighted by atomic mass is 15.2. The molecule has 1 aromatic rings. The van der Waals surface area contributed by atoms with Gasteiger partial charge in [-0.05, 0) is 50.5 Å². The number of benzene rings is 1. The number of hydrogen-bond donors (Lipinski definition) is 0. The Morgan fingerprint density at radius 2 is 1.75 bits per heavy atom. The van der Waals surface area contributed by atoms with Gasteiger partial charge in [0.25, 0.3) is 0 Å². The van der Waals surface area contributed by atoms with Crippen molar-refractivity contribution in [3.8, 4) is 0 Å². The fourth-order valence-electron chi connectivity index (χ4n) is 2.63. The molecule has 0 N–H and O–H groups in total. The molecular formula is C18H26N2. The fourth-order valence-corrected chi connectivity index (χ4v) is 2.63. The van der Waals surface area contributed by atoms with Gasteiger partial charge in [0.2, 0.25) is 0 Å². The van der Waals surface area contributed by atoms with Crippen LogP contribution in [0.5, 0.6) is 0 Å². The molecule has 108 valence electrons. The lowest BCUT2D eigenvalue weighted by atomic mass is 10.0. The number of unbranched alkanes of at least 4 members (excludes halogenated alkanes) is 3. The van der Waals surface area contributed by atoms with Crippen LogP contribution in [-0.2, 0) is 0 Å². The highest BCUT2D eigenvalue weighted by Gasteiger charge is 2.21. The van der Waals surface area contributed by atoms with Crippen molar-refractivity contribution in [3.05, 3.63) is 35.5 Å². The maximum Gasteiger partial charge on any atom is 0.0873 e. The minimum atomic E-state index is 1.04. The number of allylic oxidation sites excluding steroid dienone is 1. The van der Waals surface area contributed by atoms with Crippen LogP contribution in [-0.4, -0.2) is 12.3 Å². The molecule has 0 saturated heterocycles. The van der Waals surface area contributed by atoms with Crippen LogP contribution in [0, 0.1) is 13.8 Å². The summed E-state index contributed by atoms with van der Waals surface area (Å²) in [6, 6.07) is 4.45. The highest BCUT2D eigenvalue weighted by Crippen LogP contribution is 2.37. The van der Waals surface area contributed by atoms with E-state index in [4.69, 9.17) is 4.99 Å². The van der Waals surface area contributed by atoms with Gasteiger partial charge in [-0.1, -0.05) is 32.8 Å². The lowest BCUT2D eigenvalue weighted by molar-refractivity contribution is 0.664. The number of nitrogens with zero attached hydrogens (tertiary/aromatic N) is 2. The van der Waals surface area contributed by atoms with Crippen molar-refractivity contribution in [2.75, 3.05) is 11.4 Å². The van der Waals surface area contributed by atoms with Gasteiger partial charge in [0.05, 0.1) is 22.8 Å². The molecule has 0 aliphatic carbocycles. The third kappa shape index (κ3) is 2.95. The summed E-state index contributed by atoms with van der Waals surface area (Å²) >= 11 is 0. The molecular weight excluding hydrogens is 244 g/mol. The molecule has 0 amide bonds. The Kier molecular flexibility index (Phi) is 4.64. The van der Waals surface area contributed by atoms with Crippen LogP contribution in [0.2, 0.25) is 0 Å². The topological polar surface area (TPSA) is 15.6 Å². The number of anilines is 1. The van der Waals surface area contributed by atoms with Crippen LogP contribution in [0.1, 0.15) is 50.7 Å². The standard InChI is InChI=1S/C18H26N2/c1-6-7-8-9-10-20-16(5)15(4)19-17-11-13(2)14(3)12-18(17)20/h11-12H,5-10H2,1-4H3. The second-order valence-electron chi connectivity index (χ2n) is 5.78. The molecule has 1 aliphatic heterocycles. The Balaban J connectivity index is 2.26. The molecule has 0 unspecified atom stereocenters. The summed E-state index contributed by atoms with van der Waals surface area (Å²) in [4.78, 5) is 7.05. The molecule has 2 nitrogen and oxygen atoms in total. The minimum Gasteiger partial charge on any atom is -0.339 e. The van der Waals surface area contributed by atoms with E-state index in [-0.39, 0.29) is 0 Å². The molecule has 0 bridgehead atoms. The molecule has 0 radical (unpaired) electrons. The average molecular weight is 270 g/mol. The van der Waals surface area contributed by atoms with Gasteiger partial charge in [0.15, 0.2) is 0 Å². The van der Waals surface area contributed by atoms with Crippen LogP contribution in [0.4, 0.5) is 11.4 Å². The minimum absolute atomic E-state index is 1.04. The van der Waals surface area contributed by atoms with Crippen molar-refractivity contribution in [2.24, 2.45) is 4.99 Å². The Hall–Kier alpha value is -1.57. The van der Waals surface area contributed by atoms with E-state index in [1.165, 1.54) is 42.5 Å². The van der Waals surface area contributed by atoms with E-state index in [0.29, 0.717) is 0 Å². The van der Waals surface area contributed by atoms with Crippen molar-refractivity contribution >= 4 is 17.1 Å². The van der Waals surface area contributed by atoms with Crippen LogP contribution in [0.3, 0.4) is 0 Å². The second-order valence-corrected chi connectivity index (χ2v) is 5.78. The zero-order valence-corrected chi connectivity index (χ0v) is 13.3. The number of rotatable bonds is 5. The first-order chi connectivity index (χ1) is 9.54. The van der Waals surface area contributed by atoms with Crippen molar-refractivity contribution in [2.45, 2.75) is 53.4 Å². The number of aliphatic imine (C=N–C) groups is 1. The fraction of sp³-hybridized carbons (Fsp3) is 0.500. The predicted octanol–water partition coefficient (Wildman–Crippen LogP) is 5.31. The first kappa shape index (κ1) is 14.8. The van der Waals surface area contributed by atoms with E-state index in [1.807, 2.05) is 0 Å². The molecule has 2 heteroatoms. The summed E-state index contributed by atoms with van der Waals surface area (Å²) in [6.45, 7) is 13.9. The third-order valence-electron chi connectivity index (χ3n) is 4.15. The molecule has 1 aromatic carbocycles. The first-order valence-corrected chi connectivity index (χ1v) is 7.68. The smallest absolute Gasteiger partial charge is 0.0873 e. The Morgan fingerprint density at radius 1 is 1.05 bits per heavy atom. The number of aryl methyl sites for hydroxylation is 2. The van der Waals surface area contributed by atoms with Crippen molar-refractivity contribution in [3.63, 3.8) is 0 Å². The van der Waals surface area contributed by atoms with Crippen LogP contribution in [0.15, 0.2) is 29.4 Å². The Bertz CT molecular complexity index is 541. The third-order valence-corrected chi connectivity index (χ3v) is 4.15. The van der Waals surface area contributed by atoms with Crippen molar-refractivity contribution in [1.29, 1.82) is 0 Å². The maximum atomic E-state index is 4.70. The van der Waals surface area contributed by atoms with Crippen molar-refractivity contribution < 1.29 is 0 Å². The van der Waals surface area contributed by atoms with E-state index in [0.717, 1.165) is 23.6 Å². The molecule has 0 spiro atoms. The molecule has 0 aromatic heterocycles. The van der Waals surface area contributed by atoms with E-state index < -0.39 is 0 Å². The Labute approximate surface area is 123 Å². The molecule has 1 aliphatic rings.